The van der Waals surface area contributed by atoms with Gasteiger partial charge in [0.1, 0.15) is 23.7 Å². The van der Waals surface area contributed by atoms with E-state index in [0.717, 1.165) is 16.9 Å². The van der Waals surface area contributed by atoms with Crippen molar-refractivity contribution < 1.29 is 36.6 Å². The number of carbonyl (C=O) groups excluding carboxylic acids is 1. The Kier molecular flexibility index (Phi) is 7.27. The summed E-state index contributed by atoms with van der Waals surface area (Å²) >= 11 is 0. The number of halogens is 4. The predicted molar refractivity (Wildman–Crippen MR) is 145 cm³/mol. The van der Waals surface area contributed by atoms with Gasteiger partial charge in [-0.25, -0.2) is 14.9 Å². The van der Waals surface area contributed by atoms with Crippen molar-refractivity contribution in [1.29, 1.82) is 0 Å². The van der Waals surface area contributed by atoms with E-state index < -0.39 is 29.6 Å². The first-order valence-electron chi connectivity index (χ1n) is 13.5. The van der Waals surface area contributed by atoms with Crippen LogP contribution in [0.4, 0.5) is 23.2 Å². The van der Waals surface area contributed by atoms with Gasteiger partial charge in [-0.2, -0.15) is 18.3 Å². The highest BCUT2D eigenvalue weighted by atomic mass is 19.4. The maximum absolute atomic E-state index is 13.8. The lowest BCUT2D eigenvalue weighted by Gasteiger charge is -2.33. The number of nitrogens with zero attached hydrogens (tertiary/aromatic N) is 3. The highest BCUT2D eigenvalue weighted by molar-refractivity contribution is 5.79. The van der Waals surface area contributed by atoms with Crippen LogP contribution in [0.5, 0.6) is 11.5 Å². The number of rotatable bonds is 6. The first-order chi connectivity index (χ1) is 20.2. The Hall–Kier alpha value is -4.16. The summed E-state index contributed by atoms with van der Waals surface area (Å²) in [5.41, 5.74) is 2.81. The summed E-state index contributed by atoms with van der Waals surface area (Å²) in [5.74, 6) is -0.883. The summed E-state index contributed by atoms with van der Waals surface area (Å²) in [4.78, 5) is 12.8. The number of para-hydroxylation sites is 1. The van der Waals surface area contributed by atoms with E-state index in [1.54, 1.807) is 36.4 Å². The number of benzene rings is 3. The lowest BCUT2D eigenvalue weighted by Crippen LogP contribution is -2.52. The minimum atomic E-state index is -4.73. The van der Waals surface area contributed by atoms with E-state index in [2.05, 4.69) is 5.10 Å². The van der Waals surface area contributed by atoms with Crippen LogP contribution in [0.1, 0.15) is 42.2 Å². The van der Waals surface area contributed by atoms with Gasteiger partial charge in [0.05, 0.1) is 30.9 Å². The molecule has 1 saturated carbocycles. The molecule has 1 spiro atoms. The van der Waals surface area contributed by atoms with Crippen molar-refractivity contribution >= 4 is 18.0 Å². The predicted octanol–water partition coefficient (Wildman–Crippen LogP) is 6.23. The molecule has 0 aromatic heterocycles. The number of hydrazine groups is 2. The average Bonchev–Trinajstić information content (AvgIpc) is 3.73. The molecule has 6 rings (SSSR count). The van der Waals surface area contributed by atoms with E-state index in [4.69, 9.17) is 14.2 Å². The summed E-state index contributed by atoms with van der Waals surface area (Å²) in [7, 11) is 1.34. The van der Waals surface area contributed by atoms with Gasteiger partial charge >= 0.3 is 12.3 Å². The fourth-order valence-corrected chi connectivity index (χ4v) is 6.39. The number of hydrazone groups is 1. The van der Waals surface area contributed by atoms with E-state index >= 15 is 0 Å². The molecule has 4 unspecified atom stereocenters. The normalized spacial score (nSPS) is 25.6. The van der Waals surface area contributed by atoms with Gasteiger partial charge in [-0.15, -0.1) is 0 Å². The number of methoxy groups -OCH3 is 1. The summed E-state index contributed by atoms with van der Waals surface area (Å²) in [6.07, 6.45) is -2.15. The molecule has 220 valence electrons. The van der Waals surface area contributed by atoms with Crippen molar-refractivity contribution in [3.8, 4) is 11.5 Å². The summed E-state index contributed by atoms with van der Waals surface area (Å²) in [5, 5.41) is 4.42. The molecular weight excluding hydrogens is 556 g/mol. The zero-order valence-electron chi connectivity index (χ0n) is 22.6. The summed E-state index contributed by atoms with van der Waals surface area (Å²) in [6, 6.07) is 19.9. The molecule has 8 nitrogen and oxygen atoms in total. The van der Waals surface area contributed by atoms with Crippen molar-refractivity contribution in [2.24, 2.45) is 11.0 Å². The van der Waals surface area contributed by atoms with Crippen LogP contribution in [0.15, 0.2) is 77.9 Å². The van der Waals surface area contributed by atoms with Gasteiger partial charge in [0.2, 0.25) is 0 Å². The van der Waals surface area contributed by atoms with Crippen LogP contribution in [0.2, 0.25) is 0 Å². The number of nitrogens with one attached hydrogen (secondary N) is 1. The second-order valence-corrected chi connectivity index (χ2v) is 10.6. The Morgan fingerprint density at radius 1 is 1.10 bits per heavy atom. The SMILES string of the molecule is COC(=O)C1CCC2(CC(c3cc(N4C=NNN4C(F)(F)F)ccc3Oc3ccccc3)CO2)C1c1ccc(F)cc1. The summed E-state index contributed by atoms with van der Waals surface area (Å²) in [6.45, 7) is 0.246. The Bertz CT molecular complexity index is 1470. The number of hydrogen-bond donors (Lipinski definition) is 1. The van der Waals surface area contributed by atoms with E-state index in [1.165, 1.54) is 25.3 Å². The van der Waals surface area contributed by atoms with Crippen LogP contribution in [0, 0.1) is 11.7 Å². The van der Waals surface area contributed by atoms with Gasteiger partial charge in [0.25, 0.3) is 0 Å². The molecule has 3 aromatic rings. The Morgan fingerprint density at radius 2 is 1.86 bits per heavy atom. The van der Waals surface area contributed by atoms with Crippen LogP contribution >= 0.6 is 0 Å². The standard InChI is InChI=1S/C30H28F4N4O4/c1-40-28(39)24-13-14-29(27(24)19-7-9-21(31)10-8-19)16-20(17-41-29)25-15-22(37-18-35-36-38(37)30(32,33)34)11-12-26(25)42-23-5-3-2-4-6-23/h2-12,15,18,20,24,27,36H,13-14,16-17H2,1H3. The van der Waals surface area contributed by atoms with Crippen LogP contribution < -0.4 is 15.3 Å². The fourth-order valence-electron chi connectivity index (χ4n) is 6.39. The lowest BCUT2D eigenvalue weighted by molar-refractivity contribution is -0.259. The molecule has 3 aliphatic rings. The van der Waals surface area contributed by atoms with Gasteiger partial charge in [-0.1, -0.05) is 30.3 Å². The van der Waals surface area contributed by atoms with E-state index in [-0.39, 0.29) is 29.3 Å². The second kappa shape index (κ2) is 10.9. The summed E-state index contributed by atoms with van der Waals surface area (Å²) < 4.78 is 72.7. The number of esters is 1. The molecule has 2 heterocycles. The molecule has 2 fully saturated rings. The topological polar surface area (TPSA) is 75.6 Å². The molecule has 42 heavy (non-hydrogen) atoms. The molecule has 0 radical (unpaired) electrons. The number of ether oxygens (including phenoxy) is 3. The highest BCUT2D eigenvalue weighted by Crippen LogP contribution is 2.57. The maximum Gasteiger partial charge on any atom is 0.497 e. The number of alkyl halides is 3. The monoisotopic (exact) mass is 584 g/mol. The Morgan fingerprint density at radius 3 is 2.57 bits per heavy atom. The number of carbonyl (C=O) groups is 1. The molecule has 12 heteroatoms. The second-order valence-electron chi connectivity index (χ2n) is 10.6. The van der Waals surface area contributed by atoms with Gasteiger partial charge in [-0.05, 0) is 72.4 Å². The van der Waals surface area contributed by atoms with Crippen LogP contribution in [0.3, 0.4) is 0 Å². The largest absolute Gasteiger partial charge is 0.497 e. The van der Waals surface area contributed by atoms with Crippen molar-refractivity contribution in [3.05, 3.63) is 89.7 Å². The quantitative estimate of drug-likeness (QED) is 0.209. The number of anilines is 1. The molecule has 3 aromatic carbocycles. The van der Waals surface area contributed by atoms with Gasteiger partial charge < -0.3 is 14.2 Å². The number of hydrogen-bond acceptors (Lipinski definition) is 8. The average molecular weight is 585 g/mol. The van der Waals surface area contributed by atoms with Crippen LogP contribution in [-0.2, 0) is 14.3 Å². The Labute approximate surface area is 239 Å². The van der Waals surface area contributed by atoms with Crippen molar-refractivity contribution in [2.45, 2.75) is 43.0 Å². The minimum Gasteiger partial charge on any atom is -0.469 e. The van der Waals surface area contributed by atoms with Gasteiger partial charge in [0.15, 0.2) is 0 Å². The van der Waals surface area contributed by atoms with E-state index in [0.29, 0.717) is 36.3 Å². The van der Waals surface area contributed by atoms with E-state index in [1.807, 2.05) is 23.7 Å². The molecular formula is C30H28F4N4O4. The lowest BCUT2D eigenvalue weighted by atomic mass is 9.76. The first-order valence-corrected chi connectivity index (χ1v) is 13.5. The molecule has 4 atom stereocenters. The zero-order chi connectivity index (χ0) is 29.5. The molecule has 2 aliphatic heterocycles. The first kappa shape index (κ1) is 28.0. The molecule has 1 N–H and O–H groups in total. The van der Waals surface area contributed by atoms with Gasteiger partial charge in [-0.3, -0.25) is 4.79 Å². The maximum atomic E-state index is 13.8. The minimum absolute atomic E-state index is 0.0288. The van der Waals surface area contributed by atoms with Crippen molar-refractivity contribution in [2.75, 3.05) is 18.7 Å². The van der Waals surface area contributed by atoms with Crippen molar-refractivity contribution in [1.82, 2.24) is 10.7 Å². The Balaban J connectivity index is 1.37. The molecule has 0 bridgehead atoms. The zero-order valence-corrected chi connectivity index (χ0v) is 22.6. The van der Waals surface area contributed by atoms with Crippen molar-refractivity contribution in [3.63, 3.8) is 0 Å². The van der Waals surface area contributed by atoms with Crippen LogP contribution in [0.25, 0.3) is 0 Å². The van der Waals surface area contributed by atoms with E-state index in [9.17, 15) is 22.4 Å². The third-order valence-corrected chi connectivity index (χ3v) is 8.19. The third-order valence-electron chi connectivity index (χ3n) is 8.19. The molecule has 0 amide bonds. The smallest absolute Gasteiger partial charge is 0.469 e. The third kappa shape index (κ3) is 5.16. The molecule has 1 aliphatic carbocycles. The van der Waals surface area contributed by atoms with Crippen LogP contribution in [-0.4, -0.2) is 43.0 Å². The fraction of sp³-hybridized carbons (Fsp3) is 0.333. The molecule has 1 saturated heterocycles. The van der Waals surface area contributed by atoms with Gasteiger partial charge in [0, 0.05) is 17.4 Å². The highest BCUT2D eigenvalue weighted by Gasteiger charge is 2.57.